The van der Waals surface area contributed by atoms with Crippen molar-refractivity contribution in [1.82, 2.24) is 9.78 Å². The molecule has 1 N–H and O–H groups in total. The molecule has 0 spiro atoms. The monoisotopic (exact) mass is 294 g/mol. The molecule has 0 atom stereocenters. The van der Waals surface area contributed by atoms with Gasteiger partial charge in [0.05, 0.1) is 23.5 Å². The van der Waals surface area contributed by atoms with Crippen LogP contribution in [-0.4, -0.2) is 20.9 Å². The first-order chi connectivity index (χ1) is 9.47. The summed E-state index contributed by atoms with van der Waals surface area (Å²) in [5.74, 6) is -1.51. The molecule has 1 heterocycles. The zero-order valence-corrected chi connectivity index (χ0v) is 11.4. The minimum atomic E-state index is -1.08. The summed E-state index contributed by atoms with van der Waals surface area (Å²) in [6.45, 7) is 2.21. The average molecular weight is 295 g/mol. The molecule has 0 fully saturated rings. The van der Waals surface area contributed by atoms with E-state index in [0.29, 0.717) is 17.1 Å². The Kier molecular flexibility index (Phi) is 4.20. The van der Waals surface area contributed by atoms with E-state index in [1.807, 2.05) is 6.92 Å². The zero-order valence-electron chi connectivity index (χ0n) is 10.7. The van der Waals surface area contributed by atoms with Crippen molar-refractivity contribution in [3.05, 3.63) is 58.1 Å². The van der Waals surface area contributed by atoms with E-state index in [2.05, 4.69) is 5.10 Å². The van der Waals surface area contributed by atoms with E-state index >= 15 is 0 Å². The van der Waals surface area contributed by atoms with Gasteiger partial charge in [-0.1, -0.05) is 17.7 Å². The minimum absolute atomic E-state index is 0.387. The molecule has 0 amide bonds. The second-order valence-corrected chi connectivity index (χ2v) is 4.66. The number of nitrogens with zero attached hydrogens (tertiary/aromatic N) is 2. The van der Waals surface area contributed by atoms with E-state index in [0.717, 1.165) is 17.3 Å². The van der Waals surface area contributed by atoms with Crippen LogP contribution in [0.1, 0.15) is 16.8 Å². The van der Waals surface area contributed by atoms with Gasteiger partial charge >= 0.3 is 5.97 Å². The fraction of sp³-hybridized carbons (Fsp3) is 0.143. The number of rotatable bonds is 4. The first-order valence-corrected chi connectivity index (χ1v) is 6.22. The van der Waals surface area contributed by atoms with E-state index in [9.17, 15) is 9.18 Å². The second kappa shape index (κ2) is 5.88. The summed E-state index contributed by atoms with van der Waals surface area (Å²) in [5.41, 5.74) is 2.05. The fourth-order valence-electron chi connectivity index (χ4n) is 1.77. The zero-order chi connectivity index (χ0) is 14.7. The molecule has 2 aromatic rings. The molecular formula is C14H12ClFN2O2. The Balaban J connectivity index is 2.36. The molecule has 0 saturated heterocycles. The van der Waals surface area contributed by atoms with Crippen molar-refractivity contribution in [2.45, 2.75) is 13.5 Å². The number of aliphatic carboxylic acids is 1. The normalized spacial score (nSPS) is 11.2. The topological polar surface area (TPSA) is 55.1 Å². The van der Waals surface area contributed by atoms with Gasteiger partial charge in [-0.3, -0.25) is 4.68 Å². The summed E-state index contributed by atoms with van der Waals surface area (Å²) >= 11 is 5.93. The number of hydrogen-bond acceptors (Lipinski definition) is 2. The predicted molar refractivity (Wildman–Crippen MR) is 74.1 cm³/mol. The van der Waals surface area contributed by atoms with E-state index in [-0.39, 0.29) is 0 Å². The van der Waals surface area contributed by atoms with E-state index < -0.39 is 11.8 Å². The first kappa shape index (κ1) is 14.3. The molecule has 0 aliphatic carbocycles. The van der Waals surface area contributed by atoms with Gasteiger partial charge in [0.15, 0.2) is 0 Å². The maximum Gasteiger partial charge on any atom is 0.328 e. The van der Waals surface area contributed by atoms with Gasteiger partial charge in [0.1, 0.15) is 5.82 Å². The van der Waals surface area contributed by atoms with Crippen LogP contribution < -0.4 is 0 Å². The largest absolute Gasteiger partial charge is 0.478 e. The fourth-order valence-corrected chi connectivity index (χ4v) is 1.91. The van der Waals surface area contributed by atoms with Crippen LogP contribution in [0.4, 0.5) is 4.39 Å². The van der Waals surface area contributed by atoms with E-state index in [4.69, 9.17) is 16.7 Å². The molecule has 20 heavy (non-hydrogen) atoms. The van der Waals surface area contributed by atoms with Crippen molar-refractivity contribution >= 4 is 23.6 Å². The van der Waals surface area contributed by atoms with Crippen LogP contribution in [0.15, 0.2) is 30.5 Å². The number of halogens is 2. The lowest BCUT2D eigenvalue weighted by molar-refractivity contribution is -0.131. The van der Waals surface area contributed by atoms with Crippen LogP contribution >= 0.6 is 11.6 Å². The van der Waals surface area contributed by atoms with Crippen molar-refractivity contribution in [3.63, 3.8) is 0 Å². The van der Waals surface area contributed by atoms with Crippen LogP contribution in [0.5, 0.6) is 0 Å². The number of carboxylic acid groups (broad SMARTS) is 1. The third kappa shape index (κ3) is 3.24. The van der Waals surface area contributed by atoms with Crippen LogP contribution in [0.2, 0.25) is 5.02 Å². The van der Waals surface area contributed by atoms with Gasteiger partial charge in [0.2, 0.25) is 0 Å². The van der Waals surface area contributed by atoms with Crippen molar-refractivity contribution < 1.29 is 14.3 Å². The molecule has 2 rings (SSSR count). The molecule has 0 saturated carbocycles. The summed E-state index contributed by atoms with van der Waals surface area (Å²) in [4.78, 5) is 10.6. The molecule has 104 valence electrons. The summed E-state index contributed by atoms with van der Waals surface area (Å²) in [6, 6.07) is 4.22. The summed E-state index contributed by atoms with van der Waals surface area (Å²) < 4.78 is 14.9. The minimum Gasteiger partial charge on any atom is -0.478 e. The van der Waals surface area contributed by atoms with Gasteiger partial charge in [0, 0.05) is 6.08 Å². The number of hydrogen-bond donors (Lipinski definition) is 1. The molecule has 0 aliphatic heterocycles. The highest BCUT2D eigenvalue weighted by molar-refractivity contribution is 6.31. The van der Waals surface area contributed by atoms with E-state index in [1.165, 1.54) is 24.4 Å². The van der Waals surface area contributed by atoms with E-state index in [1.54, 1.807) is 10.7 Å². The molecule has 0 aliphatic rings. The number of aromatic nitrogens is 2. The lowest BCUT2D eigenvalue weighted by Gasteiger charge is -2.08. The standard InChI is InChI=1S/C14H12ClFN2O2/c1-9-13(15)7-17-18(9)8-11-2-4-12(16)6-10(11)3-5-14(19)20/h2-7H,8H2,1H3,(H,19,20). The number of carbonyl (C=O) groups is 1. The Bertz CT molecular complexity index is 680. The lowest BCUT2D eigenvalue weighted by atomic mass is 10.1. The molecule has 1 aromatic heterocycles. The van der Waals surface area contributed by atoms with Crippen LogP contribution in [0.25, 0.3) is 6.08 Å². The summed E-state index contributed by atoms with van der Waals surface area (Å²) in [6.07, 6.45) is 3.87. The summed E-state index contributed by atoms with van der Waals surface area (Å²) in [7, 11) is 0. The van der Waals surface area contributed by atoms with Gasteiger partial charge < -0.3 is 5.11 Å². The third-order valence-corrected chi connectivity index (χ3v) is 3.25. The van der Waals surface area contributed by atoms with Gasteiger partial charge in [-0.05, 0) is 36.3 Å². The maximum atomic E-state index is 13.3. The van der Waals surface area contributed by atoms with Crippen LogP contribution in [-0.2, 0) is 11.3 Å². The maximum absolute atomic E-state index is 13.3. The van der Waals surface area contributed by atoms with Crippen molar-refractivity contribution in [2.75, 3.05) is 0 Å². The Morgan fingerprint density at radius 3 is 2.90 bits per heavy atom. The van der Waals surface area contributed by atoms with Crippen LogP contribution in [0.3, 0.4) is 0 Å². The Morgan fingerprint density at radius 2 is 2.30 bits per heavy atom. The smallest absolute Gasteiger partial charge is 0.328 e. The molecule has 1 aromatic carbocycles. The Labute approximate surface area is 120 Å². The molecule has 0 bridgehead atoms. The average Bonchev–Trinajstić information content (AvgIpc) is 2.71. The quantitative estimate of drug-likeness (QED) is 0.882. The van der Waals surface area contributed by atoms with Gasteiger partial charge in [0.25, 0.3) is 0 Å². The third-order valence-electron chi connectivity index (χ3n) is 2.88. The van der Waals surface area contributed by atoms with Crippen molar-refractivity contribution in [1.29, 1.82) is 0 Å². The molecular weight excluding hydrogens is 283 g/mol. The van der Waals surface area contributed by atoms with Crippen LogP contribution in [0, 0.1) is 12.7 Å². The van der Waals surface area contributed by atoms with Gasteiger partial charge in [-0.2, -0.15) is 5.10 Å². The molecule has 0 unspecified atom stereocenters. The first-order valence-electron chi connectivity index (χ1n) is 5.84. The molecule has 4 nitrogen and oxygen atoms in total. The Hall–Kier alpha value is -2.14. The predicted octanol–water partition coefficient (Wildman–Crippen LogP) is 3.13. The number of carboxylic acids is 1. The molecule has 6 heteroatoms. The second-order valence-electron chi connectivity index (χ2n) is 4.25. The van der Waals surface area contributed by atoms with Crippen molar-refractivity contribution in [3.8, 4) is 0 Å². The highest BCUT2D eigenvalue weighted by Crippen LogP contribution is 2.18. The lowest BCUT2D eigenvalue weighted by Crippen LogP contribution is -2.05. The number of benzene rings is 1. The SMILES string of the molecule is Cc1c(Cl)cnn1Cc1ccc(F)cc1C=CC(=O)O. The highest BCUT2D eigenvalue weighted by atomic mass is 35.5. The van der Waals surface area contributed by atoms with Gasteiger partial charge in [-0.25, -0.2) is 9.18 Å². The Morgan fingerprint density at radius 1 is 1.55 bits per heavy atom. The molecule has 0 radical (unpaired) electrons. The van der Waals surface area contributed by atoms with Crippen molar-refractivity contribution in [2.24, 2.45) is 0 Å². The highest BCUT2D eigenvalue weighted by Gasteiger charge is 2.08. The summed E-state index contributed by atoms with van der Waals surface area (Å²) in [5, 5.41) is 13.3. The van der Waals surface area contributed by atoms with Gasteiger partial charge in [-0.15, -0.1) is 0 Å².